The minimum atomic E-state index is -0.699. The predicted molar refractivity (Wildman–Crippen MR) is 71.9 cm³/mol. The molecule has 1 saturated heterocycles. The molecule has 2 rings (SSSR count). The topological polar surface area (TPSA) is 69.6 Å². The second-order valence-electron chi connectivity index (χ2n) is 5.85. The average molecular weight is 268 g/mol. The lowest BCUT2D eigenvalue weighted by atomic mass is 9.86. The van der Waals surface area contributed by atoms with Crippen LogP contribution in [0.1, 0.15) is 45.4 Å². The van der Waals surface area contributed by atoms with Crippen LogP contribution in [0.25, 0.3) is 0 Å². The molecule has 1 heterocycles. The Morgan fingerprint density at radius 1 is 1.21 bits per heavy atom. The maximum absolute atomic E-state index is 12.1. The third-order valence-corrected chi connectivity index (χ3v) is 4.55. The van der Waals surface area contributed by atoms with E-state index in [0.717, 1.165) is 38.8 Å². The van der Waals surface area contributed by atoms with Gasteiger partial charge in [-0.3, -0.25) is 4.79 Å². The van der Waals surface area contributed by atoms with Crippen LogP contribution in [0.5, 0.6) is 0 Å². The highest BCUT2D eigenvalue weighted by Crippen LogP contribution is 2.25. The molecule has 2 aliphatic rings. The number of rotatable bonds is 3. The van der Waals surface area contributed by atoms with Crippen LogP contribution in [-0.2, 0) is 4.79 Å². The molecule has 0 spiro atoms. The van der Waals surface area contributed by atoms with E-state index >= 15 is 0 Å². The van der Waals surface area contributed by atoms with Gasteiger partial charge in [-0.05, 0) is 38.0 Å². The number of nitrogens with zero attached hydrogens (tertiary/aromatic N) is 1. The average Bonchev–Trinajstić information content (AvgIpc) is 2.88. The summed E-state index contributed by atoms with van der Waals surface area (Å²) in [7, 11) is 0. The molecule has 0 radical (unpaired) electrons. The molecule has 5 heteroatoms. The summed E-state index contributed by atoms with van der Waals surface area (Å²) in [6.45, 7) is 3.89. The Morgan fingerprint density at radius 3 is 2.42 bits per heavy atom. The number of carboxylic acid groups (broad SMARTS) is 1. The molecule has 1 atom stereocenters. The number of carboxylic acids is 1. The quantitative estimate of drug-likeness (QED) is 0.823. The third kappa shape index (κ3) is 3.61. The molecule has 19 heavy (non-hydrogen) atoms. The van der Waals surface area contributed by atoms with Crippen molar-refractivity contribution in [2.75, 3.05) is 13.1 Å². The lowest BCUT2D eigenvalue weighted by Gasteiger charge is -2.28. The second kappa shape index (κ2) is 6.26. The standard InChI is InChI=1S/C14H24N2O3/c1-2-10-7-8-16(9-10)14(19)15-12-5-3-11(4-6-12)13(17)18/h10-12H,2-9H2,1H3,(H,15,19)(H,17,18). The van der Waals surface area contributed by atoms with Gasteiger partial charge in [0, 0.05) is 19.1 Å². The molecular weight excluding hydrogens is 244 g/mol. The Labute approximate surface area is 114 Å². The van der Waals surface area contributed by atoms with Crippen LogP contribution >= 0.6 is 0 Å². The van der Waals surface area contributed by atoms with Crippen molar-refractivity contribution in [2.45, 2.75) is 51.5 Å². The first-order valence-electron chi connectivity index (χ1n) is 7.38. The number of likely N-dealkylation sites (tertiary alicyclic amines) is 1. The van der Waals surface area contributed by atoms with Crippen LogP contribution in [-0.4, -0.2) is 41.1 Å². The van der Waals surface area contributed by atoms with Crippen LogP contribution in [0.15, 0.2) is 0 Å². The van der Waals surface area contributed by atoms with Crippen molar-refractivity contribution in [2.24, 2.45) is 11.8 Å². The molecule has 0 aromatic heterocycles. The molecule has 5 nitrogen and oxygen atoms in total. The smallest absolute Gasteiger partial charge is 0.317 e. The number of hydrogen-bond donors (Lipinski definition) is 2. The van der Waals surface area contributed by atoms with Crippen molar-refractivity contribution >= 4 is 12.0 Å². The second-order valence-corrected chi connectivity index (χ2v) is 5.85. The van der Waals surface area contributed by atoms with E-state index in [-0.39, 0.29) is 18.0 Å². The first-order chi connectivity index (χ1) is 9.10. The third-order valence-electron chi connectivity index (χ3n) is 4.55. The van der Waals surface area contributed by atoms with Gasteiger partial charge in [-0.1, -0.05) is 13.3 Å². The number of carbonyl (C=O) groups excluding carboxylic acids is 1. The van der Waals surface area contributed by atoms with Crippen LogP contribution < -0.4 is 5.32 Å². The van der Waals surface area contributed by atoms with Crippen LogP contribution in [0, 0.1) is 11.8 Å². The Balaban J connectivity index is 1.73. The summed E-state index contributed by atoms with van der Waals surface area (Å²) in [6, 6.07) is 0.193. The summed E-state index contributed by atoms with van der Waals surface area (Å²) in [5.74, 6) is -0.270. The zero-order valence-corrected chi connectivity index (χ0v) is 11.6. The number of urea groups is 1. The first kappa shape index (κ1) is 14.2. The number of aliphatic carboxylic acids is 1. The summed E-state index contributed by atoms with van der Waals surface area (Å²) in [5.41, 5.74) is 0. The van der Waals surface area contributed by atoms with Crippen molar-refractivity contribution in [3.63, 3.8) is 0 Å². The lowest BCUT2D eigenvalue weighted by molar-refractivity contribution is -0.142. The molecule has 108 valence electrons. The van der Waals surface area contributed by atoms with Gasteiger partial charge in [0.25, 0.3) is 0 Å². The number of carbonyl (C=O) groups is 2. The molecule has 1 aliphatic heterocycles. The van der Waals surface area contributed by atoms with Gasteiger partial charge in [0.05, 0.1) is 5.92 Å². The first-order valence-corrected chi connectivity index (χ1v) is 7.38. The molecule has 1 aliphatic carbocycles. The number of nitrogens with one attached hydrogen (secondary N) is 1. The molecule has 2 N–H and O–H groups in total. The summed E-state index contributed by atoms with van der Waals surface area (Å²) < 4.78 is 0. The molecule has 1 unspecified atom stereocenters. The largest absolute Gasteiger partial charge is 0.481 e. The van der Waals surface area contributed by atoms with Crippen LogP contribution in [0.2, 0.25) is 0 Å². The Hall–Kier alpha value is -1.26. The highest BCUT2D eigenvalue weighted by atomic mass is 16.4. The maximum atomic E-state index is 12.1. The monoisotopic (exact) mass is 268 g/mol. The van der Waals surface area contributed by atoms with Crippen molar-refractivity contribution in [1.82, 2.24) is 10.2 Å². The fourth-order valence-corrected chi connectivity index (χ4v) is 3.10. The minimum absolute atomic E-state index is 0.0368. The van der Waals surface area contributed by atoms with E-state index in [0.29, 0.717) is 18.8 Å². The highest BCUT2D eigenvalue weighted by molar-refractivity contribution is 5.75. The van der Waals surface area contributed by atoms with E-state index in [1.807, 2.05) is 4.90 Å². The van der Waals surface area contributed by atoms with Gasteiger partial charge < -0.3 is 15.3 Å². The summed E-state index contributed by atoms with van der Waals surface area (Å²) in [5, 5.41) is 12.0. The molecule has 0 aromatic rings. The molecule has 2 amide bonds. The van der Waals surface area contributed by atoms with Crippen molar-refractivity contribution in [3.8, 4) is 0 Å². The summed E-state index contributed by atoms with van der Waals surface area (Å²) in [4.78, 5) is 24.9. The normalized spacial score (nSPS) is 31.2. The van der Waals surface area contributed by atoms with Gasteiger partial charge in [-0.25, -0.2) is 4.79 Å². The lowest BCUT2D eigenvalue weighted by Crippen LogP contribution is -2.45. The van der Waals surface area contributed by atoms with Gasteiger partial charge in [0.15, 0.2) is 0 Å². The molecule has 1 saturated carbocycles. The number of hydrogen-bond acceptors (Lipinski definition) is 2. The van der Waals surface area contributed by atoms with E-state index in [1.54, 1.807) is 0 Å². The van der Waals surface area contributed by atoms with E-state index in [2.05, 4.69) is 12.2 Å². The summed E-state index contributed by atoms with van der Waals surface area (Å²) in [6.07, 6.45) is 5.17. The predicted octanol–water partition coefficient (Wildman–Crippen LogP) is 2.07. The van der Waals surface area contributed by atoms with Gasteiger partial charge in [-0.2, -0.15) is 0 Å². The highest BCUT2D eigenvalue weighted by Gasteiger charge is 2.29. The number of amides is 2. The van der Waals surface area contributed by atoms with E-state index < -0.39 is 5.97 Å². The van der Waals surface area contributed by atoms with Gasteiger partial charge in [0.1, 0.15) is 0 Å². The zero-order chi connectivity index (χ0) is 13.8. The van der Waals surface area contributed by atoms with Gasteiger partial charge in [-0.15, -0.1) is 0 Å². The van der Waals surface area contributed by atoms with Gasteiger partial charge >= 0.3 is 12.0 Å². The molecular formula is C14H24N2O3. The van der Waals surface area contributed by atoms with Gasteiger partial charge in [0.2, 0.25) is 0 Å². The molecule has 0 bridgehead atoms. The van der Waals surface area contributed by atoms with E-state index in [1.165, 1.54) is 0 Å². The maximum Gasteiger partial charge on any atom is 0.317 e. The summed E-state index contributed by atoms with van der Waals surface area (Å²) >= 11 is 0. The van der Waals surface area contributed by atoms with E-state index in [4.69, 9.17) is 5.11 Å². The van der Waals surface area contributed by atoms with Crippen LogP contribution in [0.3, 0.4) is 0 Å². The SMILES string of the molecule is CCC1CCN(C(=O)NC2CCC(C(=O)O)CC2)C1. The fourth-order valence-electron chi connectivity index (χ4n) is 3.10. The Kier molecular flexibility index (Phi) is 4.66. The molecule has 0 aromatic carbocycles. The zero-order valence-electron chi connectivity index (χ0n) is 11.6. The fraction of sp³-hybridized carbons (Fsp3) is 0.857. The Bertz CT molecular complexity index is 338. The van der Waals surface area contributed by atoms with Crippen molar-refractivity contribution < 1.29 is 14.7 Å². The van der Waals surface area contributed by atoms with E-state index in [9.17, 15) is 9.59 Å². The minimum Gasteiger partial charge on any atom is -0.481 e. The van der Waals surface area contributed by atoms with Crippen LogP contribution in [0.4, 0.5) is 4.79 Å². The Morgan fingerprint density at radius 2 is 1.89 bits per heavy atom. The van der Waals surface area contributed by atoms with Crippen molar-refractivity contribution in [1.29, 1.82) is 0 Å². The van der Waals surface area contributed by atoms with Crippen molar-refractivity contribution in [3.05, 3.63) is 0 Å². The molecule has 2 fully saturated rings.